The van der Waals surface area contributed by atoms with Gasteiger partial charge < -0.3 is 33.9 Å². The minimum Gasteiger partial charge on any atom is -0.493 e. The van der Waals surface area contributed by atoms with Crippen LogP contribution in [0.3, 0.4) is 0 Å². The third kappa shape index (κ3) is 3.83. The van der Waals surface area contributed by atoms with Crippen LogP contribution in [-0.2, 0) is 0 Å². The number of rotatable bonds is 8. The van der Waals surface area contributed by atoms with Gasteiger partial charge in [0, 0.05) is 11.1 Å². The van der Waals surface area contributed by atoms with Crippen LogP contribution in [-0.4, -0.2) is 51.9 Å². The maximum Gasteiger partial charge on any atom is 0.203 e. The van der Waals surface area contributed by atoms with Crippen molar-refractivity contribution < 1.29 is 33.9 Å². The summed E-state index contributed by atoms with van der Waals surface area (Å²) in [5, 5.41) is 19.2. The largest absolute Gasteiger partial charge is 0.493 e. The zero-order valence-electron chi connectivity index (χ0n) is 17.0. The summed E-state index contributed by atoms with van der Waals surface area (Å²) in [6.07, 6.45) is 2.97. The molecule has 7 nitrogen and oxygen atoms in total. The summed E-state index contributed by atoms with van der Waals surface area (Å²) in [5.41, 5.74) is 2.47. The Morgan fingerprint density at radius 3 is 2.07 bits per heavy atom. The van der Waals surface area contributed by atoms with Gasteiger partial charge in [-0.2, -0.15) is 0 Å². The Morgan fingerprint density at radius 2 is 1.55 bits per heavy atom. The number of benzene rings is 2. The fraction of sp³-hybridized carbons (Fsp3) is 0.364. The monoisotopic (exact) mass is 402 g/mol. The second kappa shape index (κ2) is 9.07. The molecule has 0 unspecified atom stereocenters. The third-order valence-electron chi connectivity index (χ3n) is 4.96. The first-order chi connectivity index (χ1) is 14.1. The fourth-order valence-electron chi connectivity index (χ4n) is 3.62. The number of hydrogen-bond acceptors (Lipinski definition) is 7. The predicted molar refractivity (Wildman–Crippen MR) is 108 cm³/mol. The minimum atomic E-state index is -0.463. The Morgan fingerprint density at radius 1 is 0.897 bits per heavy atom. The lowest BCUT2D eigenvalue weighted by Crippen LogP contribution is -2.14. The first-order valence-electron chi connectivity index (χ1n) is 9.18. The van der Waals surface area contributed by atoms with E-state index in [1.807, 2.05) is 24.3 Å². The number of fused-ring (bicyclic) bond motifs is 1. The highest BCUT2D eigenvalue weighted by Crippen LogP contribution is 2.52. The van der Waals surface area contributed by atoms with E-state index in [0.29, 0.717) is 28.7 Å². The minimum absolute atomic E-state index is 0.0621. The van der Waals surface area contributed by atoms with E-state index < -0.39 is 6.10 Å². The van der Waals surface area contributed by atoms with E-state index >= 15 is 0 Å². The molecule has 0 radical (unpaired) electrons. The topological polar surface area (TPSA) is 86.6 Å². The lowest BCUT2D eigenvalue weighted by molar-refractivity contribution is 0.156. The molecule has 0 aliphatic carbocycles. The lowest BCUT2D eigenvalue weighted by atomic mass is 9.90. The molecule has 2 N–H and O–H groups in total. The lowest BCUT2D eigenvalue weighted by Gasteiger charge is -2.20. The van der Waals surface area contributed by atoms with Crippen molar-refractivity contribution in [2.75, 3.05) is 41.7 Å². The molecule has 1 aliphatic rings. The van der Waals surface area contributed by atoms with Crippen molar-refractivity contribution in [1.82, 2.24) is 0 Å². The van der Waals surface area contributed by atoms with Crippen molar-refractivity contribution in [3.05, 3.63) is 47.0 Å². The Hall–Kier alpha value is -2.90. The molecule has 2 atom stereocenters. The molecule has 0 amide bonds. The van der Waals surface area contributed by atoms with E-state index in [1.54, 1.807) is 40.6 Å². The molecule has 0 spiro atoms. The van der Waals surface area contributed by atoms with Gasteiger partial charge in [-0.15, -0.1) is 0 Å². The zero-order chi connectivity index (χ0) is 21.0. The number of ether oxygens (including phenoxy) is 5. The van der Waals surface area contributed by atoms with E-state index in [9.17, 15) is 5.11 Å². The van der Waals surface area contributed by atoms with Crippen molar-refractivity contribution in [3.8, 4) is 28.7 Å². The molecular weight excluding hydrogens is 376 g/mol. The molecule has 3 rings (SSSR count). The van der Waals surface area contributed by atoms with Gasteiger partial charge >= 0.3 is 0 Å². The molecule has 0 aromatic heterocycles. The maximum atomic E-state index is 10.2. The molecule has 7 heteroatoms. The normalized spacial score (nSPS) is 17.7. The van der Waals surface area contributed by atoms with Crippen LogP contribution in [0.4, 0.5) is 0 Å². The van der Waals surface area contributed by atoms with Crippen LogP contribution < -0.4 is 23.7 Å². The van der Waals surface area contributed by atoms with Gasteiger partial charge in [-0.1, -0.05) is 12.2 Å². The van der Waals surface area contributed by atoms with Gasteiger partial charge in [0.05, 0.1) is 47.6 Å². The van der Waals surface area contributed by atoms with Gasteiger partial charge in [-0.3, -0.25) is 0 Å². The first-order valence-corrected chi connectivity index (χ1v) is 9.18. The zero-order valence-corrected chi connectivity index (χ0v) is 17.0. The summed E-state index contributed by atoms with van der Waals surface area (Å²) in [4.78, 5) is 0. The van der Waals surface area contributed by atoms with Gasteiger partial charge in [0.2, 0.25) is 5.75 Å². The Labute approximate surface area is 170 Å². The van der Waals surface area contributed by atoms with Crippen LogP contribution in [0.15, 0.2) is 30.3 Å². The fourth-order valence-corrected chi connectivity index (χ4v) is 3.62. The number of aliphatic hydroxyl groups excluding tert-OH is 2. The van der Waals surface area contributed by atoms with E-state index in [4.69, 9.17) is 28.8 Å². The van der Waals surface area contributed by atoms with Crippen LogP contribution >= 0.6 is 0 Å². The molecule has 2 aromatic rings. The average Bonchev–Trinajstić information content (AvgIpc) is 3.14. The first kappa shape index (κ1) is 20.8. The summed E-state index contributed by atoms with van der Waals surface area (Å²) in [7, 11) is 6.22. The van der Waals surface area contributed by atoms with Crippen LogP contribution in [0.25, 0.3) is 6.08 Å². The van der Waals surface area contributed by atoms with Crippen molar-refractivity contribution in [2.45, 2.75) is 12.0 Å². The Kier molecular flexibility index (Phi) is 6.51. The summed E-state index contributed by atoms with van der Waals surface area (Å²) in [5.74, 6) is 2.35. The second-order valence-corrected chi connectivity index (χ2v) is 6.51. The smallest absolute Gasteiger partial charge is 0.203 e. The van der Waals surface area contributed by atoms with E-state index in [-0.39, 0.29) is 19.1 Å². The Balaban J connectivity index is 2.09. The molecule has 2 aromatic carbocycles. The summed E-state index contributed by atoms with van der Waals surface area (Å²) < 4.78 is 28.0. The molecular formula is C22H26O7. The molecule has 0 saturated carbocycles. The van der Waals surface area contributed by atoms with Crippen LogP contribution in [0.1, 0.15) is 28.7 Å². The molecule has 0 saturated heterocycles. The third-order valence-corrected chi connectivity index (χ3v) is 4.96. The van der Waals surface area contributed by atoms with Crippen molar-refractivity contribution >= 4 is 6.08 Å². The van der Waals surface area contributed by atoms with E-state index in [2.05, 4.69) is 0 Å². The van der Waals surface area contributed by atoms with Crippen molar-refractivity contribution in [1.29, 1.82) is 0 Å². The van der Waals surface area contributed by atoms with Crippen LogP contribution in [0.5, 0.6) is 28.7 Å². The maximum absolute atomic E-state index is 10.2. The van der Waals surface area contributed by atoms with Gasteiger partial charge in [0.15, 0.2) is 23.0 Å². The second-order valence-electron chi connectivity index (χ2n) is 6.51. The molecule has 1 heterocycles. The van der Waals surface area contributed by atoms with Crippen LogP contribution in [0, 0.1) is 0 Å². The highest BCUT2D eigenvalue weighted by molar-refractivity contribution is 5.63. The van der Waals surface area contributed by atoms with Gasteiger partial charge in [0.1, 0.15) is 6.10 Å². The van der Waals surface area contributed by atoms with Gasteiger partial charge in [-0.05, 0) is 29.8 Å². The quantitative estimate of drug-likeness (QED) is 0.702. The molecule has 0 fully saturated rings. The summed E-state index contributed by atoms with van der Waals surface area (Å²) in [6, 6.07) is 7.40. The molecule has 29 heavy (non-hydrogen) atoms. The summed E-state index contributed by atoms with van der Waals surface area (Å²) >= 11 is 0. The molecule has 0 bridgehead atoms. The van der Waals surface area contributed by atoms with E-state index in [0.717, 1.165) is 16.7 Å². The van der Waals surface area contributed by atoms with Crippen molar-refractivity contribution in [3.63, 3.8) is 0 Å². The Bertz CT molecular complexity index is 866. The van der Waals surface area contributed by atoms with E-state index in [1.165, 1.54) is 0 Å². The SMILES string of the molecule is COc1cc([C@H]2Oc3c(OC)cc(/C=C/CO)cc3[C@@H]2CO)cc(OC)c1OC. The molecule has 156 valence electrons. The highest BCUT2D eigenvalue weighted by atomic mass is 16.5. The van der Waals surface area contributed by atoms with Crippen LogP contribution in [0.2, 0.25) is 0 Å². The molecule has 1 aliphatic heterocycles. The van der Waals surface area contributed by atoms with Crippen molar-refractivity contribution in [2.24, 2.45) is 0 Å². The number of aliphatic hydroxyl groups is 2. The highest BCUT2D eigenvalue weighted by Gasteiger charge is 2.38. The predicted octanol–water partition coefficient (Wildman–Crippen LogP) is 2.94. The standard InChI is InChI=1S/C22H26O7/c1-25-17-9-13(6-5-7-23)8-15-16(12-24)20(29-21(15)17)14-10-18(26-2)22(28-4)19(11-14)27-3/h5-6,8-11,16,20,23-24H,7,12H2,1-4H3/b6-5+/t16-,20+/m0/s1. The average molecular weight is 402 g/mol. The number of methoxy groups -OCH3 is 4. The van der Waals surface area contributed by atoms with Gasteiger partial charge in [0.25, 0.3) is 0 Å². The number of hydrogen-bond donors (Lipinski definition) is 2. The van der Waals surface area contributed by atoms with Gasteiger partial charge in [-0.25, -0.2) is 0 Å². The summed E-state index contributed by atoms with van der Waals surface area (Å²) in [6.45, 7) is -0.182.